The fraction of sp³-hybridized carbons (Fsp3) is 0.310. The molecular weight excluding hydrogens is 590 g/mol. The van der Waals surface area contributed by atoms with Gasteiger partial charge in [-0.1, -0.05) is 32.0 Å². The molecule has 2 aliphatic rings. The molecule has 2 aromatic heterocycles. The molecule has 3 aromatic rings. The number of anilines is 3. The number of amides is 1. The van der Waals surface area contributed by atoms with Gasteiger partial charge in [0.15, 0.2) is 23.3 Å². The van der Waals surface area contributed by atoms with Gasteiger partial charge < -0.3 is 20.6 Å². The third kappa shape index (κ3) is 5.06. The number of carbonyl (C=O) groups excluding carboxylic acids is 1. The smallest absolute Gasteiger partial charge is 0.246 e. The van der Waals surface area contributed by atoms with Crippen molar-refractivity contribution >= 4 is 40.5 Å². The molecule has 1 amide bonds. The second-order valence-corrected chi connectivity index (χ2v) is 10.8. The molecule has 9 nitrogen and oxygen atoms in total. The predicted octanol–water partition coefficient (Wildman–Crippen LogP) is 4.87. The van der Waals surface area contributed by atoms with E-state index in [0.29, 0.717) is 30.0 Å². The zero-order valence-corrected chi connectivity index (χ0v) is 24.3. The van der Waals surface area contributed by atoms with Crippen molar-refractivity contribution in [1.29, 1.82) is 0 Å². The summed E-state index contributed by atoms with van der Waals surface area (Å²) in [5.74, 6) is -6.25. The lowest BCUT2D eigenvalue weighted by Crippen LogP contribution is -2.52. The summed E-state index contributed by atoms with van der Waals surface area (Å²) in [6.45, 7) is 10.3. The summed E-state index contributed by atoms with van der Waals surface area (Å²) in [7, 11) is 0. The highest BCUT2D eigenvalue weighted by molar-refractivity contribution is 6.33. The lowest BCUT2D eigenvalue weighted by Gasteiger charge is -2.41. The van der Waals surface area contributed by atoms with Crippen molar-refractivity contribution in [3.8, 4) is 11.3 Å². The van der Waals surface area contributed by atoms with Crippen LogP contribution >= 0.6 is 11.6 Å². The highest BCUT2D eigenvalue weighted by Crippen LogP contribution is 2.43. The summed E-state index contributed by atoms with van der Waals surface area (Å²) in [5.41, 5.74) is 4.41. The van der Waals surface area contributed by atoms with Crippen LogP contribution in [0.3, 0.4) is 0 Å². The molecule has 1 aromatic carbocycles. The van der Waals surface area contributed by atoms with Crippen LogP contribution in [0, 0.1) is 30.2 Å². The minimum atomic E-state index is -1.71. The number of nitrogens with zero attached hydrogens (tertiary/aromatic N) is 6. The largest absolute Gasteiger partial charge is 0.394 e. The fourth-order valence-corrected chi connectivity index (χ4v) is 5.51. The van der Waals surface area contributed by atoms with Gasteiger partial charge in [-0.05, 0) is 36.6 Å². The van der Waals surface area contributed by atoms with E-state index < -0.39 is 51.6 Å². The van der Waals surface area contributed by atoms with Gasteiger partial charge in [0, 0.05) is 32.4 Å². The molecule has 1 fully saturated rings. The first-order chi connectivity index (χ1) is 20.4. The summed E-state index contributed by atoms with van der Waals surface area (Å²) in [5, 5.41) is 10.4. The Labute approximate surface area is 249 Å². The number of fused-ring (bicyclic) bond motifs is 1. The highest BCUT2D eigenvalue weighted by atomic mass is 35.5. The quantitative estimate of drug-likeness (QED) is 0.141. The number of pyridine rings is 2. The molecule has 5 rings (SSSR count). The van der Waals surface area contributed by atoms with Crippen molar-refractivity contribution in [2.24, 2.45) is 4.99 Å². The summed E-state index contributed by atoms with van der Waals surface area (Å²) < 4.78 is 59.9. The summed E-state index contributed by atoms with van der Waals surface area (Å²) in [6, 6.07) is 2.73. The van der Waals surface area contributed by atoms with Crippen LogP contribution in [-0.4, -0.2) is 69.1 Å². The molecule has 0 bridgehead atoms. The number of amidine groups is 1. The average molecular weight is 618 g/mol. The molecule has 0 radical (unpaired) electrons. The van der Waals surface area contributed by atoms with Crippen molar-refractivity contribution in [2.45, 2.75) is 33.0 Å². The van der Waals surface area contributed by atoms with Gasteiger partial charge in [0.05, 0.1) is 27.5 Å². The third-order valence-corrected chi connectivity index (χ3v) is 7.79. The van der Waals surface area contributed by atoms with Crippen LogP contribution in [0.4, 0.5) is 34.8 Å². The molecule has 1 unspecified atom stereocenters. The number of piperazine rings is 1. The zero-order chi connectivity index (χ0) is 31.3. The van der Waals surface area contributed by atoms with Gasteiger partial charge >= 0.3 is 0 Å². The van der Waals surface area contributed by atoms with Crippen molar-refractivity contribution in [1.82, 2.24) is 19.8 Å². The Balaban J connectivity index is 1.74. The van der Waals surface area contributed by atoms with Crippen molar-refractivity contribution in [3.63, 3.8) is 0 Å². The second kappa shape index (κ2) is 11.5. The Morgan fingerprint density at radius 3 is 2.47 bits per heavy atom. The number of carbonyl (C=O) groups is 1. The van der Waals surface area contributed by atoms with Crippen molar-refractivity contribution in [2.75, 3.05) is 36.8 Å². The Morgan fingerprint density at radius 2 is 1.84 bits per heavy atom. The SMILES string of the molecule is C=CC(=O)N1CCN(C2=NC(O)N(c3c(C)ccnc3C(C)C)c3nc(-c4c(F)c(N)c(F)c(F)c4Cl)c(F)cc32)CC1. The van der Waals surface area contributed by atoms with E-state index in [1.54, 1.807) is 29.0 Å². The van der Waals surface area contributed by atoms with Crippen LogP contribution in [0.25, 0.3) is 11.3 Å². The van der Waals surface area contributed by atoms with Crippen LogP contribution in [0.2, 0.25) is 5.02 Å². The van der Waals surface area contributed by atoms with Crippen LogP contribution in [0.5, 0.6) is 0 Å². The Morgan fingerprint density at radius 1 is 1.16 bits per heavy atom. The Hall–Kier alpha value is -4.23. The van der Waals surface area contributed by atoms with Gasteiger partial charge in [-0.15, -0.1) is 0 Å². The van der Waals surface area contributed by atoms with Gasteiger partial charge in [-0.3, -0.25) is 14.7 Å². The molecule has 4 heterocycles. The minimum absolute atomic E-state index is 0.0599. The van der Waals surface area contributed by atoms with Crippen LogP contribution in [0.15, 0.2) is 36.0 Å². The molecule has 226 valence electrons. The van der Waals surface area contributed by atoms with E-state index in [9.17, 15) is 18.7 Å². The van der Waals surface area contributed by atoms with E-state index in [4.69, 9.17) is 17.3 Å². The molecule has 43 heavy (non-hydrogen) atoms. The molecule has 1 atom stereocenters. The molecule has 14 heteroatoms. The number of aliphatic hydroxyl groups excluding tert-OH is 1. The molecule has 0 saturated carbocycles. The van der Waals surface area contributed by atoms with Crippen LogP contribution < -0.4 is 10.6 Å². The average Bonchev–Trinajstić information content (AvgIpc) is 2.99. The Kier molecular flexibility index (Phi) is 8.05. The van der Waals surface area contributed by atoms with E-state index in [1.165, 1.54) is 11.0 Å². The molecule has 3 N–H and O–H groups in total. The zero-order valence-electron chi connectivity index (χ0n) is 23.5. The number of halogens is 5. The standard InChI is InChI=1S/C29H28ClF4N7O2/c1-5-17(42)39-8-10-40(11-9-39)27-15-12-16(31)25(18-19(30)21(33)22(34)23(35)20(18)32)37-28(15)41(29(43)38-27)26-14(4)6-7-36-24(26)13(2)3/h5-7,12-13,29,43H,1,8-11,35H2,2-4H3. The van der Waals surface area contributed by atoms with E-state index in [1.807, 2.05) is 13.8 Å². The molecule has 1 saturated heterocycles. The van der Waals surface area contributed by atoms with E-state index in [0.717, 1.165) is 6.07 Å². The summed E-state index contributed by atoms with van der Waals surface area (Å²) in [4.78, 5) is 30.1. The van der Waals surface area contributed by atoms with Crippen molar-refractivity contribution in [3.05, 3.63) is 76.1 Å². The number of hydrogen-bond acceptors (Lipinski definition) is 8. The fourth-order valence-electron chi connectivity index (χ4n) is 5.26. The van der Waals surface area contributed by atoms with E-state index in [2.05, 4.69) is 21.5 Å². The predicted molar refractivity (Wildman–Crippen MR) is 155 cm³/mol. The maximum atomic E-state index is 15.9. The highest BCUT2D eigenvalue weighted by Gasteiger charge is 2.38. The number of aryl methyl sites for hydroxylation is 1. The number of aromatic nitrogens is 2. The van der Waals surface area contributed by atoms with E-state index >= 15 is 8.78 Å². The molecular formula is C29H28ClF4N7O2. The minimum Gasteiger partial charge on any atom is -0.394 e. The second-order valence-electron chi connectivity index (χ2n) is 10.4. The topological polar surface area (TPSA) is 111 Å². The van der Waals surface area contributed by atoms with E-state index in [-0.39, 0.29) is 42.1 Å². The van der Waals surface area contributed by atoms with Gasteiger partial charge in [0.25, 0.3) is 0 Å². The first-order valence-corrected chi connectivity index (χ1v) is 13.7. The van der Waals surface area contributed by atoms with Crippen molar-refractivity contribution < 1.29 is 27.5 Å². The normalized spacial score (nSPS) is 16.8. The molecule has 2 aliphatic heterocycles. The van der Waals surface area contributed by atoms with Gasteiger partial charge in [-0.25, -0.2) is 27.5 Å². The number of aliphatic hydroxyl groups is 1. The van der Waals surface area contributed by atoms with Gasteiger partial charge in [0.1, 0.15) is 23.0 Å². The summed E-state index contributed by atoms with van der Waals surface area (Å²) >= 11 is 5.98. The first-order valence-electron chi connectivity index (χ1n) is 13.4. The number of hydrogen-bond donors (Lipinski definition) is 2. The number of aliphatic imine (C=N–C) groups is 1. The number of benzene rings is 1. The maximum absolute atomic E-state index is 15.9. The lowest BCUT2D eigenvalue weighted by atomic mass is 10.0. The maximum Gasteiger partial charge on any atom is 0.246 e. The Bertz CT molecular complexity index is 1650. The third-order valence-electron chi connectivity index (χ3n) is 7.44. The summed E-state index contributed by atoms with van der Waals surface area (Å²) in [6.07, 6.45) is 1.22. The lowest BCUT2D eigenvalue weighted by molar-refractivity contribution is -0.127. The van der Waals surface area contributed by atoms with Crippen LogP contribution in [-0.2, 0) is 4.79 Å². The molecule has 0 aliphatic carbocycles. The van der Waals surface area contributed by atoms with Crippen LogP contribution in [0.1, 0.15) is 36.6 Å². The molecule has 0 spiro atoms. The monoisotopic (exact) mass is 617 g/mol. The first kappa shape index (κ1) is 30.2. The number of rotatable bonds is 4. The van der Waals surface area contributed by atoms with Gasteiger partial charge in [0.2, 0.25) is 12.3 Å². The number of nitrogen functional groups attached to an aromatic ring is 1. The van der Waals surface area contributed by atoms with Gasteiger partial charge in [-0.2, -0.15) is 0 Å². The number of nitrogens with two attached hydrogens (primary N) is 1.